The van der Waals surface area contributed by atoms with E-state index in [1.54, 1.807) is 12.1 Å². The Morgan fingerprint density at radius 1 is 0.879 bits per heavy atom. The monoisotopic (exact) mass is 460 g/mol. The molecule has 2 saturated carbocycles. The lowest BCUT2D eigenvalue weighted by molar-refractivity contribution is -0.0518. The van der Waals surface area contributed by atoms with Crippen molar-refractivity contribution in [2.45, 2.75) is 96.5 Å². The first-order valence-corrected chi connectivity index (χ1v) is 13.5. The first-order valence-electron chi connectivity index (χ1n) is 13.5. The summed E-state index contributed by atoms with van der Waals surface area (Å²) >= 11 is 0. The predicted octanol–water partition coefficient (Wildman–Crippen LogP) is 8.21. The Morgan fingerprint density at radius 3 is 2.15 bits per heavy atom. The van der Waals surface area contributed by atoms with Crippen molar-refractivity contribution in [1.29, 1.82) is 0 Å². The number of hydrogen-bond donors (Lipinski definition) is 0. The number of rotatable bonds is 7. The summed E-state index contributed by atoms with van der Waals surface area (Å²) < 4.78 is 40.8. The van der Waals surface area contributed by atoms with Crippen molar-refractivity contribution in [2.24, 2.45) is 23.7 Å². The Hall–Kier alpha value is -1.42. The average Bonchev–Trinajstić information content (AvgIpc) is 2.86. The highest BCUT2D eigenvalue weighted by molar-refractivity contribution is 5.33. The third-order valence-electron chi connectivity index (χ3n) is 8.57. The Balaban J connectivity index is 1.24. The maximum absolute atomic E-state index is 14.7. The molecule has 184 valence electrons. The molecule has 0 amide bonds. The Kier molecular flexibility index (Phi) is 8.85. The molecule has 0 N–H and O–H groups in total. The summed E-state index contributed by atoms with van der Waals surface area (Å²) in [4.78, 5) is 0. The minimum absolute atomic E-state index is 0.0443. The molecule has 0 aromatic heterocycles. The maximum atomic E-state index is 14.7. The molecular formula is C29H42F2O2. The molecule has 33 heavy (non-hydrogen) atoms. The summed E-state index contributed by atoms with van der Waals surface area (Å²) in [7, 11) is 0. The summed E-state index contributed by atoms with van der Waals surface area (Å²) in [5, 5.41) is 0. The Morgan fingerprint density at radius 2 is 1.55 bits per heavy atom. The minimum Gasteiger partial charge on any atom is -0.490 e. The fourth-order valence-electron chi connectivity index (χ4n) is 6.66. The number of benzene rings is 1. The molecule has 2 atom stereocenters. The average molecular weight is 461 g/mol. The van der Waals surface area contributed by atoms with Gasteiger partial charge >= 0.3 is 0 Å². The van der Waals surface area contributed by atoms with Crippen LogP contribution in [0, 0.1) is 35.3 Å². The van der Waals surface area contributed by atoms with Gasteiger partial charge in [0.2, 0.25) is 5.82 Å². The van der Waals surface area contributed by atoms with Gasteiger partial charge in [0.15, 0.2) is 11.6 Å². The smallest absolute Gasteiger partial charge is 0.200 e. The topological polar surface area (TPSA) is 18.5 Å². The number of allylic oxidation sites excluding steroid dienone is 1. The minimum atomic E-state index is -0.816. The van der Waals surface area contributed by atoms with E-state index >= 15 is 0 Å². The van der Waals surface area contributed by atoms with Gasteiger partial charge in [0.1, 0.15) is 0 Å². The van der Waals surface area contributed by atoms with Crippen molar-refractivity contribution in [3.8, 4) is 5.75 Å². The maximum Gasteiger partial charge on any atom is 0.200 e. The van der Waals surface area contributed by atoms with Crippen LogP contribution >= 0.6 is 0 Å². The summed E-state index contributed by atoms with van der Waals surface area (Å²) in [5.74, 6) is 1.54. The highest BCUT2D eigenvalue weighted by Gasteiger charge is 2.35. The normalized spacial score (nSPS) is 33.3. The molecule has 4 rings (SSSR count). The highest BCUT2D eigenvalue weighted by atomic mass is 19.2. The van der Waals surface area contributed by atoms with Gasteiger partial charge < -0.3 is 9.47 Å². The first-order chi connectivity index (χ1) is 16.1. The van der Waals surface area contributed by atoms with Crippen molar-refractivity contribution in [3.05, 3.63) is 41.5 Å². The van der Waals surface area contributed by atoms with E-state index in [9.17, 15) is 8.78 Å². The molecule has 2 aliphatic carbocycles. The fraction of sp³-hybridized carbons (Fsp3) is 0.724. The molecule has 1 aromatic carbocycles. The number of hydrogen-bond acceptors (Lipinski definition) is 2. The lowest BCUT2D eigenvalue weighted by Crippen LogP contribution is -2.35. The van der Waals surface area contributed by atoms with E-state index < -0.39 is 11.6 Å². The van der Waals surface area contributed by atoms with Crippen molar-refractivity contribution >= 4 is 0 Å². The van der Waals surface area contributed by atoms with E-state index in [-0.39, 0.29) is 11.7 Å². The van der Waals surface area contributed by atoms with Gasteiger partial charge in [-0.3, -0.25) is 0 Å². The third kappa shape index (κ3) is 5.99. The van der Waals surface area contributed by atoms with Crippen molar-refractivity contribution in [1.82, 2.24) is 0 Å². The van der Waals surface area contributed by atoms with Crippen LogP contribution in [0.25, 0.3) is 0 Å². The second-order valence-corrected chi connectivity index (χ2v) is 10.7. The van der Waals surface area contributed by atoms with Crippen LogP contribution in [0.15, 0.2) is 24.3 Å². The third-order valence-corrected chi connectivity index (χ3v) is 8.57. The van der Waals surface area contributed by atoms with Gasteiger partial charge in [-0.2, -0.15) is 4.39 Å². The van der Waals surface area contributed by atoms with Crippen LogP contribution in [0.5, 0.6) is 5.75 Å². The van der Waals surface area contributed by atoms with Gasteiger partial charge in [0, 0.05) is 5.92 Å². The van der Waals surface area contributed by atoms with Gasteiger partial charge in [-0.05, 0) is 113 Å². The molecule has 1 aromatic rings. The molecule has 0 radical (unpaired) electrons. The van der Waals surface area contributed by atoms with Crippen LogP contribution in [0.4, 0.5) is 8.78 Å². The summed E-state index contributed by atoms with van der Waals surface area (Å²) in [6.45, 7) is 5.35. The van der Waals surface area contributed by atoms with Crippen LogP contribution in [-0.2, 0) is 4.74 Å². The van der Waals surface area contributed by atoms with E-state index in [1.165, 1.54) is 38.5 Å². The zero-order valence-corrected chi connectivity index (χ0v) is 20.5. The largest absolute Gasteiger partial charge is 0.490 e. The lowest BCUT2D eigenvalue weighted by atomic mass is 9.67. The van der Waals surface area contributed by atoms with Crippen LogP contribution in [0.1, 0.15) is 96.0 Å². The first kappa shape index (κ1) is 24.7. The van der Waals surface area contributed by atoms with Gasteiger partial charge in [0.05, 0.1) is 19.3 Å². The second kappa shape index (κ2) is 11.8. The molecule has 4 heteroatoms. The van der Waals surface area contributed by atoms with Gasteiger partial charge in [-0.15, -0.1) is 0 Å². The summed E-state index contributed by atoms with van der Waals surface area (Å²) in [6, 6.07) is 3.37. The van der Waals surface area contributed by atoms with Crippen LogP contribution in [-0.4, -0.2) is 19.3 Å². The molecule has 0 bridgehead atoms. The van der Waals surface area contributed by atoms with Crippen molar-refractivity contribution < 1.29 is 18.3 Å². The van der Waals surface area contributed by atoms with Crippen LogP contribution in [0.2, 0.25) is 0 Å². The second-order valence-electron chi connectivity index (χ2n) is 10.7. The molecule has 1 heterocycles. The van der Waals surface area contributed by atoms with Crippen LogP contribution < -0.4 is 4.74 Å². The molecule has 1 saturated heterocycles. The van der Waals surface area contributed by atoms with Crippen molar-refractivity contribution in [3.63, 3.8) is 0 Å². The molecule has 3 fully saturated rings. The lowest BCUT2D eigenvalue weighted by Gasteiger charge is -2.41. The molecule has 2 nitrogen and oxygen atoms in total. The number of ether oxygens (including phenoxy) is 2. The van der Waals surface area contributed by atoms with Gasteiger partial charge in [0.25, 0.3) is 0 Å². The molecule has 3 aliphatic rings. The number of halogens is 2. The van der Waals surface area contributed by atoms with Gasteiger partial charge in [-0.1, -0.05) is 25.1 Å². The Bertz CT molecular complexity index is 768. The SMILES string of the molecule is CC=CC1CCC(C2CCC(C3CCC(c4ccc(OCCC)c(F)c4F)CC3)CC2)OC1. The standard InChI is InChI=1S/C29H42F2O2/c1-3-5-20-6-16-26(33-19-20)24-13-9-22(10-14-24)21-7-11-23(12-8-21)25-15-17-27(32-18-4-2)29(31)28(25)30/h3,5,15,17,20-24,26H,4,6-14,16,18-19H2,1-2H3. The summed E-state index contributed by atoms with van der Waals surface area (Å²) in [6.07, 6.45) is 17.6. The molecule has 0 spiro atoms. The van der Waals surface area contributed by atoms with Gasteiger partial charge in [-0.25, -0.2) is 4.39 Å². The van der Waals surface area contributed by atoms with E-state index in [0.717, 1.165) is 56.5 Å². The van der Waals surface area contributed by atoms with E-state index in [2.05, 4.69) is 19.1 Å². The zero-order valence-electron chi connectivity index (χ0n) is 20.5. The predicted molar refractivity (Wildman–Crippen MR) is 130 cm³/mol. The highest BCUT2D eigenvalue weighted by Crippen LogP contribution is 2.46. The molecular weight excluding hydrogens is 418 g/mol. The van der Waals surface area contributed by atoms with E-state index in [1.807, 2.05) is 6.92 Å². The van der Waals surface area contributed by atoms with E-state index in [0.29, 0.717) is 24.2 Å². The molecule has 2 unspecified atom stereocenters. The Labute approximate surface area is 199 Å². The zero-order chi connectivity index (χ0) is 23.2. The van der Waals surface area contributed by atoms with Crippen LogP contribution in [0.3, 0.4) is 0 Å². The van der Waals surface area contributed by atoms with E-state index in [4.69, 9.17) is 9.47 Å². The quantitative estimate of drug-likeness (QED) is 0.382. The molecule has 1 aliphatic heterocycles. The summed E-state index contributed by atoms with van der Waals surface area (Å²) in [5.41, 5.74) is 0.546. The fourth-order valence-corrected chi connectivity index (χ4v) is 6.66. The van der Waals surface area contributed by atoms with Crippen molar-refractivity contribution in [2.75, 3.05) is 13.2 Å².